The van der Waals surface area contributed by atoms with Gasteiger partial charge in [-0.2, -0.15) is 0 Å². The number of hydrogen-bond acceptors (Lipinski definition) is 3. The maximum absolute atomic E-state index is 13.1. The number of carbonyl (C=O) groups excluding carboxylic acids is 1. The first kappa shape index (κ1) is 22.4. The van der Waals surface area contributed by atoms with E-state index < -0.39 is 0 Å². The maximum atomic E-state index is 13.1. The molecule has 0 saturated carbocycles. The molecule has 0 atom stereocenters. The normalized spacial score (nSPS) is 14.2. The van der Waals surface area contributed by atoms with Crippen LogP contribution < -0.4 is 9.64 Å². The predicted octanol–water partition coefficient (Wildman–Crippen LogP) is 6.18. The van der Waals surface area contributed by atoms with Crippen LogP contribution in [-0.2, 0) is 13.2 Å². The van der Waals surface area contributed by atoms with Crippen molar-refractivity contribution in [2.45, 2.75) is 32.4 Å². The number of anilines is 1. The second kappa shape index (κ2) is 10.7. The summed E-state index contributed by atoms with van der Waals surface area (Å²) in [4.78, 5) is 17.3. The Labute approximate surface area is 195 Å². The van der Waals surface area contributed by atoms with Crippen molar-refractivity contribution in [2.24, 2.45) is 0 Å². The van der Waals surface area contributed by atoms with Gasteiger partial charge in [-0.3, -0.25) is 9.69 Å². The van der Waals surface area contributed by atoms with Gasteiger partial charge in [0.05, 0.1) is 0 Å². The van der Waals surface area contributed by atoms with Gasteiger partial charge in [0, 0.05) is 29.9 Å². The Balaban J connectivity index is 1.42. The monoisotopic (exact) mass is 448 g/mol. The molecule has 0 aromatic heterocycles. The van der Waals surface area contributed by atoms with Crippen LogP contribution in [0.15, 0.2) is 72.8 Å². The zero-order chi connectivity index (χ0) is 22.3. The van der Waals surface area contributed by atoms with Crippen molar-refractivity contribution in [1.29, 1.82) is 0 Å². The molecule has 1 amide bonds. The Hall–Kier alpha value is -2.82. The Bertz CT molecular complexity index is 1030. The second-order valence-electron chi connectivity index (χ2n) is 8.32. The van der Waals surface area contributed by atoms with E-state index in [0.717, 1.165) is 17.8 Å². The molecule has 1 aliphatic rings. The molecular weight excluding hydrogens is 420 g/mol. The average molecular weight is 449 g/mol. The zero-order valence-electron chi connectivity index (χ0n) is 18.5. The average Bonchev–Trinajstić information content (AvgIpc) is 2.83. The number of likely N-dealkylation sites (tertiary alicyclic amines) is 1. The minimum Gasteiger partial charge on any atom is -0.489 e. The van der Waals surface area contributed by atoms with E-state index in [2.05, 4.69) is 17.0 Å². The fraction of sp³-hybridized carbons (Fsp3) is 0.296. The minimum atomic E-state index is -0.124. The first-order chi connectivity index (χ1) is 15.6. The molecule has 1 aliphatic heterocycles. The fourth-order valence-corrected chi connectivity index (χ4v) is 4.25. The summed E-state index contributed by atoms with van der Waals surface area (Å²) in [6.07, 6.45) is 3.91. The van der Waals surface area contributed by atoms with Gasteiger partial charge >= 0.3 is 0 Å². The van der Waals surface area contributed by atoms with Crippen LogP contribution >= 0.6 is 11.6 Å². The molecule has 1 saturated heterocycles. The van der Waals surface area contributed by atoms with Crippen LogP contribution in [0, 0.1) is 0 Å². The fourth-order valence-electron chi connectivity index (χ4n) is 4.02. The topological polar surface area (TPSA) is 32.8 Å². The van der Waals surface area contributed by atoms with Gasteiger partial charge in [0.1, 0.15) is 12.4 Å². The Kier molecular flexibility index (Phi) is 7.46. The third kappa shape index (κ3) is 5.90. The van der Waals surface area contributed by atoms with Crippen LogP contribution in [0.5, 0.6) is 5.75 Å². The largest absolute Gasteiger partial charge is 0.489 e. The molecule has 166 valence electrons. The van der Waals surface area contributed by atoms with Crippen LogP contribution in [0.4, 0.5) is 5.69 Å². The van der Waals surface area contributed by atoms with Crippen molar-refractivity contribution in [3.05, 3.63) is 94.5 Å². The number of rotatable bonds is 7. The number of carbonyl (C=O) groups is 1. The molecule has 4 nitrogen and oxygen atoms in total. The van der Waals surface area contributed by atoms with Gasteiger partial charge in [-0.15, -0.1) is 0 Å². The number of nitrogens with zero attached hydrogens (tertiary/aromatic N) is 2. The van der Waals surface area contributed by atoms with Crippen molar-refractivity contribution >= 4 is 23.2 Å². The number of benzene rings is 3. The highest BCUT2D eigenvalue weighted by Crippen LogP contribution is 2.25. The zero-order valence-corrected chi connectivity index (χ0v) is 19.2. The van der Waals surface area contributed by atoms with Crippen LogP contribution in [0.1, 0.15) is 40.7 Å². The summed E-state index contributed by atoms with van der Waals surface area (Å²) in [5, 5.41) is 0.476. The van der Waals surface area contributed by atoms with E-state index in [1.807, 2.05) is 42.5 Å². The highest BCUT2D eigenvalue weighted by molar-refractivity contribution is 6.31. The van der Waals surface area contributed by atoms with E-state index in [1.165, 1.54) is 37.9 Å². The molecule has 0 radical (unpaired) electrons. The number of halogens is 1. The molecule has 32 heavy (non-hydrogen) atoms. The summed E-state index contributed by atoms with van der Waals surface area (Å²) in [6.45, 7) is 3.73. The SMILES string of the molecule is CN(C(=O)c1cc(Cl)cc(OCc2ccccc2)c1)c1ccc(CN2CCCCC2)cc1. The van der Waals surface area contributed by atoms with Gasteiger partial charge in [-0.25, -0.2) is 0 Å². The summed E-state index contributed by atoms with van der Waals surface area (Å²) >= 11 is 6.28. The first-order valence-corrected chi connectivity index (χ1v) is 11.5. The summed E-state index contributed by atoms with van der Waals surface area (Å²) in [6, 6.07) is 23.3. The molecule has 3 aromatic rings. The number of piperidine rings is 1. The molecule has 5 heteroatoms. The Morgan fingerprint density at radius 3 is 2.38 bits per heavy atom. The molecule has 4 rings (SSSR count). The molecule has 0 N–H and O–H groups in total. The number of amides is 1. The third-order valence-electron chi connectivity index (χ3n) is 5.85. The minimum absolute atomic E-state index is 0.124. The van der Waals surface area contributed by atoms with Gasteiger partial charge in [0.25, 0.3) is 5.91 Å². The first-order valence-electron chi connectivity index (χ1n) is 11.2. The van der Waals surface area contributed by atoms with E-state index >= 15 is 0 Å². The van der Waals surface area contributed by atoms with E-state index in [9.17, 15) is 4.79 Å². The molecular formula is C27H29ClN2O2. The van der Waals surface area contributed by atoms with Crippen molar-refractivity contribution in [1.82, 2.24) is 4.90 Å². The van der Waals surface area contributed by atoms with Crippen molar-refractivity contribution in [3.8, 4) is 5.75 Å². The summed E-state index contributed by atoms with van der Waals surface area (Å²) in [5.74, 6) is 0.454. The lowest BCUT2D eigenvalue weighted by molar-refractivity contribution is 0.0992. The van der Waals surface area contributed by atoms with Crippen molar-refractivity contribution in [3.63, 3.8) is 0 Å². The lowest BCUT2D eigenvalue weighted by Crippen LogP contribution is -2.29. The van der Waals surface area contributed by atoms with E-state index in [-0.39, 0.29) is 5.91 Å². The molecule has 3 aromatic carbocycles. The quantitative estimate of drug-likeness (QED) is 0.432. The van der Waals surface area contributed by atoms with Crippen molar-refractivity contribution in [2.75, 3.05) is 25.0 Å². The molecule has 0 bridgehead atoms. The van der Waals surface area contributed by atoms with Crippen LogP contribution in [0.25, 0.3) is 0 Å². The number of ether oxygens (including phenoxy) is 1. The number of hydrogen-bond donors (Lipinski definition) is 0. The summed E-state index contributed by atoms with van der Waals surface area (Å²) in [7, 11) is 1.79. The summed E-state index contributed by atoms with van der Waals surface area (Å²) < 4.78 is 5.88. The smallest absolute Gasteiger partial charge is 0.258 e. The van der Waals surface area contributed by atoms with E-state index in [0.29, 0.717) is 22.9 Å². The van der Waals surface area contributed by atoms with E-state index in [4.69, 9.17) is 16.3 Å². The lowest BCUT2D eigenvalue weighted by Gasteiger charge is -2.26. The van der Waals surface area contributed by atoms with Gasteiger partial charge in [-0.05, 0) is 67.4 Å². The third-order valence-corrected chi connectivity index (χ3v) is 6.07. The second-order valence-corrected chi connectivity index (χ2v) is 8.75. The van der Waals surface area contributed by atoms with Gasteiger partial charge < -0.3 is 9.64 Å². The molecule has 0 spiro atoms. The maximum Gasteiger partial charge on any atom is 0.258 e. The van der Waals surface area contributed by atoms with Crippen LogP contribution in [0.3, 0.4) is 0 Å². The standard InChI is InChI=1S/C27H29ClN2O2/c1-29(25-12-10-21(11-13-25)19-30-14-6-3-7-15-30)27(31)23-16-24(28)18-26(17-23)32-20-22-8-4-2-5-9-22/h2,4-5,8-13,16-18H,3,6-7,14-15,19-20H2,1H3. The van der Waals surface area contributed by atoms with Gasteiger partial charge in [-0.1, -0.05) is 60.5 Å². The molecule has 0 aliphatic carbocycles. The van der Waals surface area contributed by atoms with Gasteiger partial charge in [0.2, 0.25) is 0 Å². The van der Waals surface area contributed by atoms with Crippen LogP contribution in [0.2, 0.25) is 5.02 Å². The summed E-state index contributed by atoms with van der Waals surface area (Å²) in [5.41, 5.74) is 3.68. The highest BCUT2D eigenvalue weighted by Gasteiger charge is 2.16. The molecule has 1 fully saturated rings. The Morgan fingerprint density at radius 2 is 1.66 bits per heavy atom. The van der Waals surface area contributed by atoms with Gasteiger partial charge in [0.15, 0.2) is 0 Å². The predicted molar refractivity (Wildman–Crippen MR) is 131 cm³/mol. The van der Waals surface area contributed by atoms with Crippen molar-refractivity contribution < 1.29 is 9.53 Å². The Morgan fingerprint density at radius 1 is 0.938 bits per heavy atom. The lowest BCUT2D eigenvalue weighted by atomic mass is 10.1. The highest BCUT2D eigenvalue weighted by atomic mass is 35.5. The van der Waals surface area contributed by atoms with Crippen LogP contribution in [-0.4, -0.2) is 30.9 Å². The molecule has 1 heterocycles. The molecule has 0 unspecified atom stereocenters. The van der Waals surface area contributed by atoms with E-state index in [1.54, 1.807) is 30.1 Å².